The normalized spacial score (nSPS) is 11.3. The summed E-state index contributed by atoms with van der Waals surface area (Å²) >= 11 is 0. The third kappa shape index (κ3) is 4.42. The van der Waals surface area contributed by atoms with E-state index in [4.69, 9.17) is 4.74 Å². The first-order valence-electron chi connectivity index (χ1n) is 6.27. The molecule has 0 saturated heterocycles. The maximum absolute atomic E-state index is 11.7. The van der Waals surface area contributed by atoms with Gasteiger partial charge in [-0.3, -0.25) is 5.32 Å². The van der Waals surface area contributed by atoms with Gasteiger partial charge in [-0.05, 0) is 36.6 Å². The van der Waals surface area contributed by atoms with E-state index in [1.807, 2.05) is 19.1 Å². The molecule has 0 saturated carbocycles. The van der Waals surface area contributed by atoms with E-state index >= 15 is 0 Å². The number of benzene rings is 1. The highest BCUT2D eigenvalue weighted by Crippen LogP contribution is 2.12. The Morgan fingerprint density at radius 1 is 1.30 bits per heavy atom. The molecule has 0 heterocycles. The van der Waals surface area contributed by atoms with Gasteiger partial charge in [0.2, 0.25) is 6.10 Å². The summed E-state index contributed by atoms with van der Waals surface area (Å²) in [6, 6.07) is 7.36. The van der Waals surface area contributed by atoms with Crippen LogP contribution >= 0.6 is 0 Å². The number of anilines is 1. The summed E-state index contributed by atoms with van der Waals surface area (Å²) in [5.41, 5.74) is 2.16. The van der Waals surface area contributed by atoms with Gasteiger partial charge in [0, 0.05) is 5.69 Å². The van der Waals surface area contributed by atoms with Crippen molar-refractivity contribution in [1.29, 1.82) is 0 Å². The maximum atomic E-state index is 11.7. The standard InChI is InChI=1S/C15H19NO4/c1-5-11-6-8-12(9-7-11)16-15(18)20-13(10(2)3)14(17)19-4/h6-9,13H,2,5H2,1,3-4H3,(H,16,18). The SMILES string of the molecule is C=C(C)C(OC(=O)Nc1ccc(CC)cc1)C(=O)OC. The molecule has 0 aliphatic heterocycles. The monoisotopic (exact) mass is 277 g/mol. The summed E-state index contributed by atoms with van der Waals surface area (Å²) in [4.78, 5) is 23.2. The van der Waals surface area contributed by atoms with Crippen LogP contribution in [0.3, 0.4) is 0 Å². The number of ether oxygens (including phenoxy) is 2. The molecule has 0 aromatic heterocycles. The topological polar surface area (TPSA) is 64.6 Å². The lowest BCUT2D eigenvalue weighted by molar-refractivity contribution is -0.148. The van der Waals surface area contributed by atoms with Crippen LogP contribution in [-0.2, 0) is 20.7 Å². The summed E-state index contributed by atoms with van der Waals surface area (Å²) in [6.45, 7) is 7.24. The van der Waals surface area contributed by atoms with Crippen molar-refractivity contribution in [3.05, 3.63) is 42.0 Å². The van der Waals surface area contributed by atoms with Gasteiger partial charge in [-0.15, -0.1) is 0 Å². The molecule has 1 aromatic rings. The van der Waals surface area contributed by atoms with Crippen molar-refractivity contribution in [2.45, 2.75) is 26.4 Å². The predicted octanol–water partition coefficient (Wildman–Crippen LogP) is 2.92. The molecule has 5 heteroatoms. The number of methoxy groups -OCH3 is 1. The van der Waals surface area contributed by atoms with E-state index in [0.29, 0.717) is 11.3 Å². The molecule has 108 valence electrons. The minimum Gasteiger partial charge on any atom is -0.466 e. The molecule has 0 spiro atoms. The van der Waals surface area contributed by atoms with Crippen LogP contribution in [0.25, 0.3) is 0 Å². The van der Waals surface area contributed by atoms with Crippen LogP contribution in [0.2, 0.25) is 0 Å². The van der Waals surface area contributed by atoms with Gasteiger partial charge in [-0.2, -0.15) is 0 Å². The highest BCUT2D eigenvalue weighted by Gasteiger charge is 2.24. The largest absolute Gasteiger partial charge is 0.466 e. The Morgan fingerprint density at radius 3 is 2.35 bits per heavy atom. The number of rotatable bonds is 5. The molecule has 1 rings (SSSR count). The van der Waals surface area contributed by atoms with E-state index in [1.165, 1.54) is 12.7 Å². The number of esters is 1. The minimum absolute atomic E-state index is 0.397. The van der Waals surface area contributed by atoms with Crippen LogP contribution in [0.4, 0.5) is 10.5 Å². The first-order chi connectivity index (χ1) is 9.47. The second kappa shape index (κ2) is 7.33. The van der Waals surface area contributed by atoms with Crippen molar-refractivity contribution in [2.24, 2.45) is 0 Å². The molecule has 0 aliphatic carbocycles. The van der Waals surface area contributed by atoms with Gasteiger partial charge in [0.1, 0.15) is 0 Å². The van der Waals surface area contributed by atoms with E-state index in [1.54, 1.807) is 19.1 Å². The maximum Gasteiger partial charge on any atom is 0.412 e. The summed E-state index contributed by atoms with van der Waals surface area (Å²) in [5.74, 6) is -0.658. The molecule has 1 atom stereocenters. The van der Waals surface area contributed by atoms with Gasteiger partial charge in [0.15, 0.2) is 0 Å². The average Bonchev–Trinajstić information content (AvgIpc) is 2.44. The minimum atomic E-state index is -1.10. The molecule has 0 fully saturated rings. The van der Waals surface area contributed by atoms with E-state index < -0.39 is 18.2 Å². The number of carbonyl (C=O) groups excluding carboxylic acids is 2. The zero-order chi connectivity index (χ0) is 15.1. The molecule has 1 amide bonds. The Bertz CT molecular complexity index is 493. The van der Waals surface area contributed by atoms with Gasteiger partial charge in [0.05, 0.1) is 7.11 Å². The Hall–Kier alpha value is -2.30. The molecule has 0 radical (unpaired) electrons. The summed E-state index contributed by atoms with van der Waals surface area (Å²) < 4.78 is 9.55. The summed E-state index contributed by atoms with van der Waals surface area (Å²) in [5, 5.41) is 2.55. The van der Waals surface area contributed by atoms with Crippen LogP contribution in [0.5, 0.6) is 0 Å². The van der Waals surface area contributed by atoms with Crippen molar-refractivity contribution in [3.8, 4) is 0 Å². The third-order valence-corrected chi connectivity index (χ3v) is 2.70. The Balaban J connectivity index is 2.65. The van der Waals surface area contributed by atoms with Crippen molar-refractivity contribution in [3.63, 3.8) is 0 Å². The number of carbonyl (C=O) groups is 2. The molecule has 1 unspecified atom stereocenters. The zero-order valence-corrected chi connectivity index (χ0v) is 11.9. The fraction of sp³-hybridized carbons (Fsp3) is 0.333. The molecule has 1 aromatic carbocycles. The Morgan fingerprint density at radius 2 is 1.90 bits per heavy atom. The summed E-state index contributed by atoms with van der Waals surface area (Å²) in [7, 11) is 1.23. The number of nitrogens with one attached hydrogen (secondary N) is 1. The fourth-order valence-corrected chi connectivity index (χ4v) is 1.54. The van der Waals surface area contributed by atoms with E-state index in [-0.39, 0.29) is 0 Å². The van der Waals surface area contributed by atoms with Crippen LogP contribution in [0.15, 0.2) is 36.4 Å². The molecule has 0 bridgehead atoms. The molecule has 0 aliphatic rings. The molecular formula is C15H19NO4. The van der Waals surface area contributed by atoms with E-state index in [2.05, 4.69) is 16.6 Å². The Labute approximate surface area is 118 Å². The second-order valence-corrected chi connectivity index (χ2v) is 4.33. The van der Waals surface area contributed by atoms with Crippen molar-refractivity contribution in [2.75, 3.05) is 12.4 Å². The smallest absolute Gasteiger partial charge is 0.412 e. The first-order valence-corrected chi connectivity index (χ1v) is 6.27. The van der Waals surface area contributed by atoms with Crippen LogP contribution < -0.4 is 5.32 Å². The van der Waals surface area contributed by atoms with Gasteiger partial charge in [-0.1, -0.05) is 25.6 Å². The second-order valence-electron chi connectivity index (χ2n) is 4.33. The molecular weight excluding hydrogens is 258 g/mol. The van der Waals surface area contributed by atoms with E-state index in [9.17, 15) is 9.59 Å². The number of hydrogen-bond donors (Lipinski definition) is 1. The van der Waals surface area contributed by atoms with Gasteiger partial charge in [0.25, 0.3) is 0 Å². The first kappa shape index (κ1) is 15.8. The molecule has 5 nitrogen and oxygen atoms in total. The fourth-order valence-electron chi connectivity index (χ4n) is 1.54. The van der Waals surface area contributed by atoms with Crippen LogP contribution in [0.1, 0.15) is 19.4 Å². The van der Waals surface area contributed by atoms with Gasteiger partial charge >= 0.3 is 12.1 Å². The average molecular weight is 277 g/mol. The molecule has 1 N–H and O–H groups in total. The van der Waals surface area contributed by atoms with Crippen molar-refractivity contribution in [1.82, 2.24) is 0 Å². The lowest BCUT2D eigenvalue weighted by Crippen LogP contribution is -2.31. The lowest BCUT2D eigenvalue weighted by atomic mass is 10.1. The Kier molecular flexibility index (Phi) is 5.77. The van der Waals surface area contributed by atoms with Crippen LogP contribution in [0, 0.1) is 0 Å². The number of aryl methyl sites for hydroxylation is 1. The van der Waals surface area contributed by atoms with Crippen LogP contribution in [-0.4, -0.2) is 25.3 Å². The number of amides is 1. The predicted molar refractivity (Wildman–Crippen MR) is 76.5 cm³/mol. The highest BCUT2D eigenvalue weighted by molar-refractivity contribution is 5.88. The van der Waals surface area contributed by atoms with Gasteiger partial charge in [-0.25, -0.2) is 9.59 Å². The molecule has 20 heavy (non-hydrogen) atoms. The lowest BCUT2D eigenvalue weighted by Gasteiger charge is -2.16. The quantitative estimate of drug-likeness (QED) is 0.664. The zero-order valence-electron chi connectivity index (χ0n) is 11.9. The van der Waals surface area contributed by atoms with Gasteiger partial charge < -0.3 is 9.47 Å². The van der Waals surface area contributed by atoms with Crippen molar-refractivity contribution < 1.29 is 19.1 Å². The summed E-state index contributed by atoms with van der Waals surface area (Å²) in [6.07, 6.45) is -0.910. The number of hydrogen-bond acceptors (Lipinski definition) is 4. The van der Waals surface area contributed by atoms with E-state index in [0.717, 1.165) is 6.42 Å². The highest BCUT2D eigenvalue weighted by atomic mass is 16.6. The van der Waals surface area contributed by atoms with Crippen molar-refractivity contribution >= 4 is 17.7 Å². The third-order valence-electron chi connectivity index (χ3n) is 2.70.